The predicted octanol–water partition coefficient (Wildman–Crippen LogP) is 3.29. The van der Waals surface area contributed by atoms with Crippen molar-refractivity contribution in [3.63, 3.8) is 0 Å². The van der Waals surface area contributed by atoms with E-state index in [-0.39, 0.29) is 18.4 Å². The number of aliphatic carboxylic acids is 1. The molecule has 0 saturated carbocycles. The maximum atomic E-state index is 14.2. The van der Waals surface area contributed by atoms with E-state index >= 15 is 0 Å². The summed E-state index contributed by atoms with van der Waals surface area (Å²) in [6.45, 7) is 0.383. The Balaban J connectivity index is 1.81. The first-order valence-corrected chi connectivity index (χ1v) is 8.92. The number of benzene rings is 2. The fourth-order valence-corrected chi connectivity index (χ4v) is 2.50. The number of carboxylic acid groups (broad SMARTS) is 1. The Kier molecular flexibility index (Phi) is 6.85. The summed E-state index contributed by atoms with van der Waals surface area (Å²) < 4.78 is 14.2. The first-order valence-electron chi connectivity index (χ1n) is 8.92. The SMILES string of the molecule is O=C(O)/C=N/c1ccccc1Nc1ncc(F)c(Nc2cccc(NCCO)c2)n1. The monoisotopic (exact) mass is 410 g/mol. The van der Waals surface area contributed by atoms with Crippen LogP contribution in [0, 0.1) is 5.82 Å². The van der Waals surface area contributed by atoms with Gasteiger partial charge in [0, 0.05) is 17.9 Å². The largest absolute Gasteiger partial charge is 0.477 e. The van der Waals surface area contributed by atoms with E-state index in [1.54, 1.807) is 42.5 Å². The van der Waals surface area contributed by atoms with Crippen LogP contribution in [0.3, 0.4) is 0 Å². The van der Waals surface area contributed by atoms with Gasteiger partial charge in [0.25, 0.3) is 0 Å². The fourth-order valence-electron chi connectivity index (χ4n) is 2.50. The quantitative estimate of drug-likeness (QED) is 0.340. The van der Waals surface area contributed by atoms with Crippen LogP contribution in [0.2, 0.25) is 0 Å². The van der Waals surface area contributed by atoms with Crippen LogP contribution in [0.1, 0.15) is 0 Å². The Bertz CT molecular complexity index is 1060. The number of aliphatic hydroxyl groups excluding tert-OH is 1. The Morgan fingerprint density at radius 3 is 2.73 bits per heavy atom. The number of carboxylic acids is 1. The second-order valence-corrected chi connectivity index (χ2v) is 5.98. The summed E-state index contributed by atoms with van der Waals surface area (Å²) in [5, 5.41) is 26.5. The molecule has 0 radical (unpaired) electrons. The van der Waals surface area contributed by atoms with E-state index in [9.17, 15) is 9.18 Å². The number of aliphatic imine (C=N–C) groups is 1. The topological polar surface area (TPSA) is 132 Å². The van der Waals surface area contributed by atoms with Crippen LogP contribution in [-0.4, -0.2) is 45.5 Å². The van der Waals surface area contributed by atoms with E-state index in [4.69, 9.17) is 10.2 Å². The lowest BCUT2D eigenvalue weighted by Gasteiger charge is -2.12. The van der Waals surface area contributed by atoms with Crippen LogP contribution in [0.15, 0.2) is 59.7 Å². The number of hydrogen-bond acceptors (Lipinski definition) is 8. The van der Waals surface area contributed by atoms with Gasteiger partial charge in [0.05, 0.1) is 24.2 Å². The number of halogens is 1. The molecule has 154 valence electrons. The van der Waals surface area contributed by atoms with E-state index < -0.39 is 11.8 Å². The summed E-state index contributed by atoms with van der Waals surface area (Å²) >= 11 is 0. The van der Waals surface area contributed by atoms with E-state index in [0.717, 1.165) is 18.1 Å². The number of rotatable bonds is 9. The summed E-state index contributed by atoms with van der Waals surface area (Å²) in [5.74, 6) is -1.76. The van der Waals surface area contributed by atoms with Crippen LogP contribution < -0.4 is 16.0 Å². The molecule has 9 nitrogen and oxygen atoms in total. The smallest absolute Gasteiger partial charge is 0.346 e. The third-order valence-corrected chi connectivity index (χ3v) is 3.77. The van der Waals surface area contributed by atoms with Gasteiger partial charge in [0.1, 0.15) is 6.21 Å². The number of anilines is 5. The standard InChI is InChI=1S/C20H19FN6O3/c21-15-11-24-20(26-17-7-2-1-6-16(17)23-12-18(29)30)27-19(15)25-14-5-3-4-13(10-14)22-8-9-28/h1-7,10-12,22,28H,8-9H2,(H,29,30)(H2,24,25,26,27)/b23-12+. The third-order valence-electron chi connectivity index (χ3n) is 3.77. The highest BCUT2D eigenvalue weighted by atomic mass is 19.1. The minimum atomic E-state index is -1.18. The van der Waals surface area contributed by atoms with Crippen molar-refractivity contribution in [3.05, 3.63) is 60.5 Å². The minimum Gasteiger partial charge on any atom is -0.477 e. The van der Waals surface area contributed by atoms with Crippen molar-refractivity contribution in [2.75, 3.05) is 29.1 Å². The number of nitrogens with one attached hydrogen (secondary N) is 3. The van der Waals surface area contributed by atoms with Gasteiger partial charge in [-0.3, -0.25) is 0 Å². The zero-order valence-electron chi connectivity index (χ0n) is 15.7. The number of nitrogens with zero attached hydrogens (tertiary/aromatic N) is 3. The molecule has 0 bridgehead atoms. The first kappa shape index (κ1) is 20.7. The van der Waals surface area contributed by atoms with Crippen LogP contribution in [0.4, 0.5) is 38.9 Å². The lowest BCUT2D eigenvalue weighted by molar-refractivity contribution is -0.128. The third kappa shape index (κ3) is 5.72. The van der Waals surface area contributed by atoms with Crippen molar-refractivity contribution in [2.24, 2.45) is 4.99 Å². The molecule has 30 heavy (non-hydrogen) atoms. The van der Waals surface area contributed by atoms with Crippen LogP contribution in [0.5, 0.6) is 0 Å². The Morgan fingerprint density at radius 1 is 1.13 bits per heavy atom. The minimum absolute atomic E-state index is 0.00872. The maximum Gasteiger partial charge on any atom is 0.346 e. The molecular weight excluding hydrogens is 391 g/mol. The molecule has 2 aromatic carbocycles. The molecule has 3 rings (SSSR count). The lowest BCUT2D eigenvalue weighted by Crippen LogP contribution is -2.06. The molecule has 5 N–H and O–H groups in total. The molecule has 0 spiro atoms. The highest BCUT2D eigenvalue weighted by Gasteiger charge is 2.10. The number of hydrogen-bond donors (Lipinski definition) is 5. The molecule has 0 aliphatic rings. The Hall–Kier alpha value is -4.05. The average molecular weight is 410 g/mol. The fraction of sp³-hybridized carbons (Fsp3) is 0.100. The van der Waals surface area contributed by atoms with Gasteiger partial charge in [-0.25, -0.2) is 19.2 Å². The predicted molar refractivity (Wildman–Crippen MR) is 113 cm³/mol. The molecule has 0 saturated heterocycles. The second-order valence-electron chi connectivity index (χ2n) is 5.98. The van der Waals surface area contributed by atoms with Gasteiger partial charge in [-0.2, -0.15) is 4.98 Å². The molecule has 0 aliphatic carbocycles. The second kappa shape index (κ2) is 9.94. The van der Waals surface area contributed by atoms with Gasteiger partial charge in [-0.15, -0.1) is 0 Å². The molecule has 10 heteroatoms. The van der Waals surface area contributed by atoms with Crippen molar-refractivity contribution in [1.82, 2.24) is 9.97 Å². The van der Waals surface area contributed by atoms with Crippen molar-refractivity contribution < 1.29 is 19.4 Å². The summed E-state index contributed by atoms with van der Waals surface area (Å²) in [6.07, 6.45) is 1.80. The van der Waals surface area contributed by atoms with Gasteiger partial charge in [-0.05, 0) is 30.3 Å². The van der Waals surface area contributed by atoms with Crippen molar-refractivity contribution in [1.29, 1.82) is 0 Å². The summed E-state index contributed by atoms with van der Waals surface area (Å²) in [7, 11) is 0. The van der Waals surface area contributed by atoms with Gasteiger partial charge >= 0.3 is 5.97 Å². The highest BCUT2D eigenvalue weighted by molar-refractivity contribution is 6.22. The molecule has 0 aliphatic heterocycles. The number of aromatic nitrogens is 2. The number of carbonyl (C=O) groups is 1. The summed E-state index contributed by atoms with van der Waals surface area (Å²) in [4.78, 5) is 22.7. The van der Waals surface area contributed by atoms with Crippen LogP contribution in [0.25, 0.3) is 0 Å². The molecule has 0 amide bonds. The summed E-state index contributed by atoms with van der Waals surface area (Å²) in [5.41, 5.74) is 2.17. The van der Waals surface area contributed by atoms with Crippen LogP contribution >= 0.6 is 0 Å². The molecule has 0 fully saturated rings. The van der Waals surface area contributed by atoms with Crippen molar-refractivity contribution in [3.8, 4) is 0 Å². The van der Waals surface area contributed by atoms with E-state index in [2.05, 4.69) is 30.9 Å². The lowest BCUT2D eigenvalue weighted by atomic mass is 10.2. The number of para-hydroxylation sites is 2. The van der Waals surface area contributed by atoms with Gasteiger partial charge < -0.3 is 26.2 Å². The van der Waals surface area contributed by atoms with Crippen LogP contribution in [-0.2, 0) is 4.79 Å². The van der Waals surface area contributed by atoms with Crippen molar-refractivity contribution in [2.45, 2.75) is 0 Å². The normalized spacial score (nSPS) is 10.7. The molecule has 3 aromatic rings. The van der Waals surface area contributed by atoms with Crippen molar-refractivity contribution >= 4 is 46.7 Å². The highest BCUT2D eigenvalue weighted by Crippen LogP contribution is 2.27. The average Bonchev–Trinajstić information content (AvgIpc) is 2.74. The zero-order chi connectivity index (χ0) is 21.3. The Labute approximate surface area is 171 Å². The Morgan fingerprint density at radius 2 is 1.93 bits per heavy atom. The first-order chi connectivity index (χ1) is 14.5. The molecular formula is C20H19FN6O3. The number of aliphatic hydroxyl groups is 1. The van der Waals surface area contributed by atoms with E-state index in [0.29, 0.717) is 23.6 Å². The zero-order valence-corrected chi connectivity index (χ0v) is 15.7. The van der Waals surface area contributed by atoms with E-state index in [1.165, 1.54) is 0 Å². The summed E-state index contributed by atoms with van der Waals surface area (Å²) in [6, 6.07) is 13.8. The molecule has 0 atom stereocenters. The van der Waals surface area contributed by atoms with Gasteiger partial charge in [-0.1, -0.05) is 18.2 Å². The molecule has 0 unspecified atom stereocenters. The van der Waals surface area contributed by atoms with Gasteiger partial charge in [0.15, 0.2) is 11.6 Å². The van der Waals surface area contributed by atoms with E-state index in [1.807, 2.05) is 6.07 Å². The van der Waals surface area contributed by atoms with Gasteiger partial charge in [0.2, 0.25) is 5.95 Å². The molecule has 1 heterocycles. The molecule has 1 aromatic heterocycles. The maximum absolute atomic E-state index is 14.2.